The molecular weight excluding hydrogens is 184 g/mol. The first-order chi connectivity index (χ1) is 7.15. The predicted molar refractivity (Wildman–Crippen MR) is 63.6 cm³/mol. The van der Waals surface area contributed by atoms with Crippen molar-refractivity contribution in [3.63, 3.8) is 0 Å². The molecule has 0 fully saturated rings. The quantitative estimate of drug-likeness (QED) is 0.765. The maximum Gasteiger partial charge on any atom is 0.123 e. The fourth-order valence-corrected chi connectivity index (χ4v) is 1.72. The lowest BCUT2D eigenvalue weighted by molar-refractivity contribution is 1.32. The van der Waals surface area contributed by atoms with E-state index in [4.69, 9.17) is 5.73 Å². The van der Waals surface area contributed by atoms with Gasteiger partial charge in [0.25, 0.3) is 0 Å². The van der Waals surface area contributed by atoms with E-state index in [1.165, 1.54) is 16.7 Å². The minimum atomic E-state index is 0.558. The van der Waals surface area contributed by atoms with E-state index in [-0.39, 0.29) is 0 Å². The summed E-state index contributed by atoms with van der Waals surface area (Å²) < 4.78 is 0. The van der Waals surface area contributed by atoms with E-state index in [1.807, 2.05) is 18.3 Å². The van der Waals surface area contributed by atoms with Gasteiger partial charge in [0.1, 0.15) is 5.82 Å². The van der Waals surface area contributed by atoms with E-state index in [1.54, 1.807) is 0 Å². The van der Waals surface area contributed by atoms with Crippen LogP contribution in [-0.4, -0.2) is 4.98 Å². The second kappa shape index (κ2) is 3.73. The van der Waals surface area contributed by atoms with Crippen LogP contribution in [0.25, 0.3) is 11.1 Å². The molecule has 1 aromatic carbocycles. The Balaban J connectivity index is 2.49. The summed E-state index contributed by atoms with van der Waals surface area (Å²) in [6.45, 7) is 4.20. The fourth-order valence-electron chi connectivity index (χ4n) is 1.72. The smallest absolute Gasteiger partial charge is 0.123 e. The molecule has 2 heteroatoms. The van der Waals surface area contributed by atoms with Gasteiger partial charge < -0.3 is 5.73 Å². The summed E-state index contributed by atoms with van der Waals surface area (Å²) in [5.74, 6) is 0.558. The average Bonchev–Trinajstić information content (AvgIpc) is 2.17. The second-order valence-electron chi connectivity index (χ2n) is 3.85. The molecule has 0 amide bonds. The molecule has 0 aliphatic heterocycles. The Labute approximate surface area is 89.8 Å². The highest BCUT2D eigenvalue weighted by molar-refractivity contribution is 5.65. The monoisotopic (exact) mass is 198 g/mol. The summed E-state index contributed by atoms with van der Waals surface area (Å²) in [4.78, 5) is 4.09. The molecule has 0 atom stereocenters. The van der Waals surface area contributed by atoms with E-state index >= 15 is 0 Å². The standard InChI is InChI=1S/C13H14N2/c1-9-5-10(2)7-12(6-9)11-3-4-13(14)15-8-11/h3-8H,1-2H3,(H2,14,15). The van der Waals surface area contributed by atoms with Crippen molar-refractivity contribution in [3.05, 3.63) is 47.7 Å². The topological polar surface area (TPSA) is 38.9 Å². The van der Waals surface area contributed by atoms with Crippen molar-refractivity contribution >= 4 is 5.82 Å². The van der Waals surface area contributed by atoms with Crippen LogP contribution in [0.3, 0.4) is 0 Å². The molecule has 2 nitrogen and oxygen atoms in total. The van der Waals surface area contributed by atoms with Crippen LogP contribution in [0, 0.1) is 13.8 Å². The molecule has 2 rings (SSSR count). The highest BCUT2D eigenvalue weighted by Crippen LogP contribution is 2.21. The number of aryl methyl sites for hydroxylation is 2. The SMILES string of the molecule is Cc1cc(C)cc(-c2ccc(N)nc2)c1. The van der Waals surface area contributed by atoms with E-state index < -0.39 is 0 Å². The summed E-state index contributed by atoms with van der Waals surface area (Å²) >= 11 is 0. The zero-order valence-corrected chi connectivity index (χ0v) is 8.99. The Hall–Kier alpha value is -1.83. The third-order valence-electron chi connectivity index (χ3n) is 2.34. The van der Waals surface area contributed by atoms with Crippen LogP contribution >= 0.6 is 0 Å². The van der Waals surface area contributed by atoms with Crippen molar-refractivity contribution < 1.29 is 0 Å². The zero-order valence-electron chi connectivity index (χ0n) is 8.99. The summed E-state index contributed by atoms with van der Waals surface area (Å²) in [6, 6.07) is 10.3. The number of aromatic nitrogens is 1. The van der Waals surface area contributed by atoms with Gasteiger partial charge in [-0.25, -0.2) is 4.98 Å². The molecule has 1 heterocycles. The highest BCUT2D eigenvalue weighted by atomic mass is 14.8. The summed E-state index contributed by atoms with van der Waals surface area (Å²) in [5, 5.41) is 0. The molecule has 1 aromatic heterocycles. The molecule has 0 radical (unpaired) electrons. The molecule has 0 aliphatic carbocycles. The number of nitrogens with two attached hydrogens (primary N) is 1. The number of rotatable bonds is 1. The van der Waals surface area contributed by atoms with Gasteiger partial charge in [0.15, 0.2) is 0 Å². The second-order valence-corrected chi connectivity index (χ2v) is 3.85. The van der Waals surface area contributed by atoms with Gasteiger partial charge in [0.2, 0.25) is 0 Å². The van der Waals surface area contributed by atoms with Crippen LogP contribution < -0.4 is 5.73 Å². The molecular formula is C13H14N2. The maximum atomic E-state index is 5.55. The molecule has 0 spiro atoms. The van der Waals surface area contributed by atoms with Gasteiger partial charge in [-0.05, 0) is 31.5 Å². The number of hydrogen-bond acceptors (Lipinski definition) is 2. The zero-order chi connectivity index (χ0) is 10.8. The molecule has 0 saturated carbocycles. The number of nitrogen functional groups attached to an aromatic ring is 1. The van der Waals surface area contributed by atoms with Crippen LogP contribution in [0.4, 0.5) is 5.82 Å². The summed E-state index contributed by atoms with van der Waals surface area (Å²) in [5.41, 5.74) is 10.4. The van der Waals surface area contributed by atoms with Gasteiger partial charge in [-0.1, -0.05) is 29.3 Å². The summed E-state index contributed by atoms with van der Waals surface area (Å²) in [6.07, 6.45) is 1.81. The minimum Gasteiger partial charge on any atom is -0.384 e. The number of benzene rings is 1. The molecule has 15 heavy (non-hydrogen) atoms. The molecule has 0 bridgehead atoms. The first kappa shape index (κ1) is 9.71. The van der Waals surface area contributed by atoms with E-state index in [0.717, 1.165) is 5.56 Å². The lowest BCUT2D eigenvalue weighted by Gasteiger charge is -2.04. The predicted octanol–water partition coefficient (Wildman–Crippen LogP) is 2.95. The number of hydrogen-bond donors (Lipinski definition) is 1. The Morgan fingerprint density at radius 2 is 1.60 bits per heavy atom. The average molecular weight is 198 g/mol. The van der Waals surface area contributed by atoms with Crippen LogP contribution in [-0.2, 0) is 0 Å². The fraction of sp³-hybridized carbons (Fsp3) is 0.154. The maximum absolute atomic E-state index is 5.55. The first-order valence-corrected chi connectivity index (χ1v) is 4.95. The molecule has 2 aromatic rings. The molecule has 0 saturated heterocycles. The van der Waals surface area contributed by atoms with Crippen LogP contribution in [0.5, 0.6) is 0 Å². The third-order valence-corrected chi connectivity index (χ3v) is 2.34. The Kier molecular flexibility index (Phi) is 2.42. The van der Waals surface area contributed by atoms with Gasteiger partial charge in [0, 0.05) is 11.8 Å². The van der Waals surface area contributed by atoms with Crippen LogP contribution in [0.2, 0.25) is 0 Å². The highest BCUT2D eigenvalue weighted by Gasteiger charge is 1.99. The van der Waals surface area contributed by atoms with Crippen LogP contribution in [0.15, 0.2) is 36.5 Å². The van der Waals surface area contributed by atoms with Crippen molar-refractivity contribution in [1.82, 2.24) is 4.98 Å². The van der Waals surface area contributed by atoms with Gasteiger partial charge in [-0.3, -0.25) is 0 Å². The Morgan fingerprint density at radius 1 is 0.933 bits per heavy atom. The lowest BCUT2D eigenvalue weighted by atomic mass is 10.0. The van der Waals surface area contributed by atoms with Crippen molar-refractivity contribution in [2.45, 2.75) is 13.8 Å². The van der Waals surface area contributed by atoms with E-state index in [0.29, 0.717) is 5.82 Å². The van der Waals surface area contributed by atoms with Gasteiger partial charge in [-0.15, -0.1) is 0 Å². The van der Waals surface area contributed by atoms with Gasteiger partial charge >= 0.3 is 0 Å². The van der Waals surface area contributed by atoms with Crippen LogP contribution in [0.1, 0.15) is 11.1 Å². The van der Waals surface area contributed by atoms with E-state index in [2.05, 4.69) is 37.0 Å². The Morgan fingerprint density at radius 3 is 2.13 bits per heavy atom. The summed E-state index contributed by atoms with van der Waals surface area (Å²) in [7, 11) is 0. The number of pyridine rings is 1. The normalized spacial score (nSPS) is 10.3. The van der Waals surface area contributed by atoms with Gasteiger partial charge in [0.05, 0.1) is 0 Å². The molecule has 0 unspecified atom stereocenters. The van der Waals surface area contributed by atoms with Crippen molar-refractivity contribution in [3.8, 4) is 11.1 Å². The molecule has 2 N–H and O–H groups in total. The number of nitrogens with zero attached hydrogens (tertiary/aromatic N) is 1. The lowest BCUT2D eigenvalue weighted by Crippen LogP contribution is -1.89. The van der Waals surface area contributed by atoms with E-state index in [9.17, 15) is 0 Å². The third kappa shape index (κ3) is 2.15. The van der Waals surface area contributed by atoms with Gasteiger partial charge in [-0.2, -0.15) is 0 Å². The van der Waals surface area contributed by atoms with Crippen molar-refractivity contribution in [1.29, 1.82) is 0 Å². The first-order valence-electron chi connectivity index (χ1n) is 4.95. The molecule has 76 valence electrons. The van der Waals surface area contributed by atoms with Crippen molar-refractivity contribution in [2.75, 3.05) is 5.73 Å². The molecule has 0 aliphatic rings. The number of anilines is 1. The Bertz CT molecular complexity index is 452. The van der Waals surface area contributed by atoms with Crippen molar-refractivity contribution in [2.24, 2.45) is 0 Å². The largest absolute Gasteiger partial charge is 0.384 e. The minimum absolute atomic E-state index is 0.558.